The summed E-state index contributed by atoms with van der Waals surface area (Å²) in [5.41, 5.74) is -1.07. The number of methoxy groups -OCH3 is 1. The van der Waals surface area contributed by atoms with Gasteiger partial charge in [0.15, 0.2) is 0 Å². The molecule has 3 rings (SSSR count). The number of piperidine rings is 1. The van der Waals surface area contributed by atoms with Gasteiger partial charge in [-0.1, -0.05) is 6.92 Å². The Morgan fingerprint density at radius 3 is 2.42 bits per heavy atom. The van der Waals surface area contributed by atoms with Gasteiger partial charge in [0.2, 0.25) is 0 Å². The third-order valence-corrected chi connectivity index (χ3v) is 7.16. The Hall–Kier alpha value is -2.18. The maximum absolute atomic E-state index is 13.3. The molecule has 1 atom stereocenters. The summed E-state index contributed by atoms with van der Waals surface area (Å²) in [4.78, 5) is 41.5. The predicted molar refractivity (Wildman–Crippen MR) is 118 cm³/mol. The Balaban J connectivity index is 2.21. The van der Waals surface area contributed by atoms with E-state index in [0.29, 0.717) is 37.9 Å². The Morgan fingerprint density at radius 1 is 1.24 bits per heavy atom. The third-order valence-electron chi connectivity index (χ3n) is 5.91. The number of hydrogen-bond acceptors (Lipinski definition) is 6. The SMILES string of the molecule is CCc1c(C(=O)N2CCC(O)CC2)sc2c1c(=O)n(CC(C)OC)c(=O)n2CCC(F)(F)F. The number of ether oxygens (including phenoxy) is 1. The summed E-state index contributed by atoms with van der Waals surface area (Å²) in [6, 6.07) is 0. The van der Waals surface area contributed by atoms with E-state index < -0.39 is 42.6 Å². The highest BCUT2D eigenvalue weighted by Crippen LogP contribution is 2.32. The number of rotatable bonds is 7. The van der Waals surface area contributed by atoms with E-state index in [1.54, 1.807) is 18.7 Å². The number of amides is 1. The van der Waals surface area contributed by atoms with Crippen LogP contribution >= 0.6 is 11.3 Å². The second-order valence-electron chi connectivity index (χ2n) is 8.23. The first kappa shape index (κ1) is 25.4. The number of aliphatic hydroxyl groups is 1. The number of aliphatic hydroxyl groups excluding tert-OH is 1. The highest BCUT2D eigenvalue weighted by atomic mass is 32.1. The minimum absolute atomic E-state index is 0.0767. The lowest BCUT2D eigenvalue weighted by Gasteiger charge is -2.29. The van der Waals surface area contributed by atoms with Crippen LogP contribution in [0.15, 0.2) is 9.59 Å². The standard InChI is InChI=1S/C21H28F3N3O5S/c1-4-14-15-17(29)27(11-12(2)32-3)20(31)26(10-7-21(22,23)24)19(15)33-16(14)18(30)25-8-5-13(28)6-9-25/h12-13,28H,4-11H2,1-3H3. The summed E-state index contributed by atoms with van der Waals surface area (Å²) >= 11 is 0.887. The van der Waals surface area contributed by atoms with Crippen molar-refractivity contribution in [3.63, 3.8) is 0 Å². The molecule has 1 amide bonds. The monoisotopic (exact) mass is 491 g/mol. The number of fused-ring (bicyclic) bond motifs is 1. The second kappa shape index (κ2) is 9.98. The van der Waals surface area contributed by atoms with E-state index in [4.69, 9.17) is 4.74 Å². The molecule has 1 N–H and O–H groups in total. The molecule has 1 aliphatic rings. The molecule has 1 aliphatic heterocycles. The van der Waals surface area contributed by atoms with Crippen molar-refractivity contribution in [3.05, 3.63) is 31.3 Å². The molecule has 3 heterocycles. The zero-order valence-electron chi connectivity index (χ0n) is 18.8. The average Bonchev–Trinajstić information content (AvgIpc) is 3.15. The quantitative estimate of drug-likeness (QED) is 0.642. The summed E-state index contributed by atoms with van der Waals surface area (Å²) in [5.74, 6) is -0.342. The van der Waals surface area contributed by atoms with Crippen LogP contribution in [-0.4, -0.2) is 63.6 Å². The lowest BCUT2D eigenvalue weighted by atomic mass is 10.1. The number of likely N-dealkylation sites (tertiary alicyclic amines) is 1. The molecule has 0 aromatic carbocycles. The maximum atomic E-state index is 13.3. The lowest BCUT2D eigenvalue weighted by Crippen LogP contribution is -2.42. The largest absolute Gasteiger partial charge is 0.393 e. The summed E-state index contributed by atoms with van der Waals surface area (Å²) in [5, 5.41) is 9.83. The first-order valence-electron chi connectivity index (χ1n) is 10.8. The van der Waals surface area contributed by atoms with Crippen molar-refractivity contribution >= 4 is 27.5 Å². The number of hydrogen-bond donors (Lipinski definition) is 1. The smallest absolute Gasteiger partial charge is 0.390 e. The van der Waals surface area contributed by atoms with E-state index in [1.165, 1.54) is 7.11 Å². The first-order valence-corrected chi connectivity index (χ1v) is 11.7. The van der Waals surface area contributed by atoms with E-state index in [1.807, 2.05) is 0 Å². The molecule has 1 fully saturated rings. The molecule has 1 saturated heterocycles. The minimum Gasteiger partial charge on any atom is -0.393 e. The van der Waals surface area contributed by atoms with Gasteiger partial charge < -0.3 is 14.7 Å². The van der Waals surface area contributed by atoms with Crippen molar-refractivity contribution in [1.29, 1.82) is 0 Å². The summed E-state index contributed by atoms with van der Waals surface area (Å²) in [7, 11) is 1.41. The molecule has 2 aromatic heterocycles. The fourth-order valence-electron chi connectivity index (χ4n) is 3.97. The zero-order chi connectivity index (χ0) is 24.5. The van der Waals surface area contributed by atoms with Crippen molar-refractivity contribution < 1.29 is 27.8 Å². The molecule has 0 bridgehead atoms. The van der Waals surface area contributed by atoms with Crippen LogP contribution in [0.3, 0.4) is 0 Å². The molecule has 0 radical (unpaired) electrons. The number of halogens is 3. The number of aryl methyl sites for hydroxylation is 2. The molecular weight excluding hydrogens is 463 g/mol. The summed E-state index contributed by atoms with van der Waals surface area (Å²) in [6.45, 7) is 3.30. The zero-order valence-corrected chi connectivity index (χ0v) is 19.6. The van der Waals surface area contributed by atoms with Crippen molar-refractivity contribution in [2.45, 2.75) is 71.0 Å². The van der Waals surface area contributed by atoms with Gasteiger partial charge in [-0.25, -0.2) is 4.79 Å². The van der Waals surface area contributed by atoms with Crippen LogP contribution in [0, 0.1) is 0 Å². The van der Waals surface area contributed by atoms with Gasteiger partial charge in [-0.2, -0.15) is 13.2 Å². The van der Waals surface area contributed by atoms with E-state index in [0.717, 1.165) is 20.5 Å². The average molecular weight is 492 g/mol. The van der Waals surface area contributed by atoms with Gasteiger partial charge in [0, 0.05) is 26.7 Å². The number of nitrogens with zero attached hydrogens (tertiary/aromatic N) is 3. The van der Waals surface area contributed by atoms with Crippen LogP contribution in [0.4, 0.5) is 13.2 Å². The van der Waals surface area contributed by atoms with Gasteiger partial charge in [-0.05, 0) is 31.7 Å². The Bertz CT molecular complexity index is 1130. The number of carbonyl (C=O) groups excluding carboxylic acids is 1. The molecule has 1 unspecified atom stereocenters. The van der Waals surface area contributed by atoms with Crippen LogP contribution in [0.2, 0.25) is 0 Å². The molecule has 12 heteroatoms. The molecule has 0 saturated carbocycles. The van der Waals surface area contributed by atoms with Crippen LogP contribution in [0.25, 0.3) is 10.2 Å². The third kappa shape index (κ3) is 5.33. The van der Waals surface area contributed by atoms with Gasteiger partial charge in [0.1, 0.15) is 4.83 Å². The highest BCUT2D eigenvalue weighted by Gasteiger charge is 2.31. The maximum Gasteiger partial charge on any atom is 0.390 e. The Kier molecular flexibility index (Phi) is 7.69. The second-order valence-corrected chi connectivity index (χ2v) is 9.23. The van der Waals surface area contributed by atoms with Crippen LogP contribution in [0.5, 0.6) is 0 Å². The van der Waals surface area contributed by atoms with Gasteiger partial charge >= 0.3 is 11.9 Å². The molecule has 33 heavy (non-hydrogen) atoms. The Morgan fingerprint density at radius 2 is 1.88 bits per heavy atom. The van der Waals surface area contributed by atoms with Gasteiger partial charge in [-0.3, -0.25) is 18.7 Å². The van der Waals surface area contributed by atoms with Gasteiger partial charge in [0.25, 0.3) is 11.5 Å². The fraction of sp³-hybridized carbons (Fsp3) is 0.667. The molecule has 0 spiro atoms. The van der Waals surface area contributed by atoms with E-state index in [9.17, 15) is 32.7 Å². The van der Waals surface area contributed by atoms with E-state index in [-0.39, 0.29) is 27.5 Å². The highest BCUT2D eigenvalue weighted by molar-refractivity contribution is 7.20. The predicted octanol–water partition coefficient (Wildman–Crippen LogP) is 2.37. The molecule has 8 nitrogen and oxygen atoms in total. The van der Waals surface area contributed by atoms with Crippen molar-refractivity contribution in [1.82, 2.24) is 14.0 Å². The number of carbonyl (C=O) groups is 1. The number of thiophene rings is 1. The topological polar surface area (TPSA) is 93.8 Å². The van der Waals surface area contributed by atoms with Crippen LogP contribution < -0.4 is 11.2 Å². The van der Waals surface area contributed by atoms with Crippen LogP contribution in [-0.2, 0) is 24.2 Å². The minimum atomic E-state index is -4.50. The molecular formula is C21H28F3N3O5S. The number of aromatic nitrogens is 2. The van der Waals surface area contributed by atoms with E-state index >= 15 is 0 Å². The fourth-order valence-corrected chi connectivity index (χ4v) is 5.34. The van der Waals surface area contributed by atoms with E-state index in [2.05, 4.69) is 0 Å². The summed E-state index contributed by atoms with van der Waals surface area (Å²) in [6.07, 6.45) is -5.59. The number of alkyl halides is 3. The molecule has 2 aromatic rings. The molecule has 0 aliphatic carbocycles. The van der Waals surface area contributed by atoms with Gasteiger partial charge in [0.05, 0.1) is 35.4 Å². The molecule has 184 valence electrons. The Labute approximate surface area is 192 Å². The van der Waals surface area contributed by atoms with Crippen molar-refractivity contribution in [2.24, 2.45) is 0 Å². The van der Waals surface area contributed by atoms with Crippen LogP contribution in [0.1, 0.15) is 48.3 Å². The normalized spacial score (nSPS) is 16.5. The lowest BCUT2D eigenvalue weighted by molar-refractivity contribution is -0.136. The van der Waals surface area contributed by atoms with Crippen molar-refractivity contribution in [2.75, 3.05) is 20.2 Å². The first-order chi connectivity index (χ1) is 15.5. The van der Waals surface area contributed by atoms with Gasteiger partial charge in [-0.15, -0.1) is 11.3 Å². The van der Waals surface area contributed by atoms with Crippen molar-refractivity contribution in [3.8, 4) is 0 Å². The summed E-state index contributed by atoms with van der Waals surface area (Å²) < 4.78 is 46.0.